The smallest absolute Gasteiger partial charge is 0.316 e. The maximum atomic E-state index is 13.6. The van der Waals surface area contributed by atoms with Crippen LogP contribution in [0, 0.1) is 11.8 Å². The quantitative estimate of drug-likeness (QED) is 0.506. The standard InChI is InChI=1S/C24H26N2O5/c1-4-31-19-12-14(9-10-18(19)27)22-21-17(25-15-7-5-6-8-16(15)26-22)11-13(2)20(23(21)28)24(29)30-3/h5-10,12-13,20,22,25-27H,4,11H2,1-3H3. The van der Waals surface area contributed by atoms with Crippen molar-refractivity contribution in [3.05, 3.63) is 59.3 Å². The number of phenols is 1. The van der Waals surface area contributed by atoms with E-state index in [-0.39, 0.29) is 17.5 Å². The van der Waals surface area contributed by atoms with Gasteiger partial charge in [-0.3, -0.25) is 9.59 Å². The number of benzene rings is 2. The van der Waals surface area contributed by atoms with E-state index in [9.17, 15) is 14.7 Å². The van der Waals surface area contributed by atoms with Gasteiger partial charge in [0.1, 0.15) is 5.92 Å². The molecule has 0 saturated carbocycles. The molecule has 0 bridgehead atoms. The van der Waals surface area contributed by atoms with Gasteiger partial charge in [0.05, 0.1) is 31.1 Å². The molecule has 31 heavy (non-hydrogen) atoms. The minimum Gasteiger partial charge on any atom is -0.504 e. The lowest BCUT2D eigenvalue weighted by Gasteiger charge is -2.32. The van der Waals surface area contributed by atoms with Gasteiger partial charge in [0.15, 0.2) is 17.3 Å². The Morgan fingerprint density at radius 3 is 2.65 bits per heavy atom. The van der Waals surface area contributed by atoms with Gasteiger partial charge in [-0.2, -0.15) is 0 Å². The van der Waals surface area contributed by atoms with Crippen LogP contribution in [-0.2, 0) is 14.3 Å². The lowest BCUT2D eigenvalue weighted by atomic mass is 9.75. The highest BCUT2D eigenvalue weighted by Crippen LogP contribution is 2.44. The van der Waals surface area contributed by atoms with Crippen molar-refractivity contribution in [2.45, 2.75) is 26.3 Å². The summed E-state index contributed by atoms with van der Waals surface area (Å²) in [6.07, 6.45) is 0.532. The minimum atomic E-state index is -0.862. The highest BCUT2D eigenvalue weighted by atomic mass is 16.5. The number of nitrogens with one attached hydrogen (secondary N) is 2. The molecule has 0 fully saturated rings. The predicted octanol–water partition coefficient (Wildman–Crippen LogP) is 4.02. The number of ketones is 1. The van der Waals surface area contributed by atoms with Crippen molar-refractivity contribution in [3.8, 4) is 11.5 Å². The third-order valence-electron chi connectivity index (χ3n) is 5.84. The van der Waals surface area contributed by atoms with Crippen LogP contribution >= 0.6 is 0 Å². The number of esters is 1. The molecule has 1 aliphatic carbocycles. The van der Waals surface area contributed by atoms with Gasteiger partial charge in [-0.15, -0.1) is 0 Å². The van der Waals surface area contributed by atoms with E-state index in [2.05, 4.69) is 10.6 Å². The molecule has 0 amide bonds. The van der Waals surface area contributed by atoms with Crippen LogP contribution in [0.1, 0.15) is 31.9 Å². The lowest BCUT2D eigenvalue weighted by Crippen LogP contribution is -2.39. The van der Waals surface area contributed by atoms with E-state index in [0.717, 1.165) is 22.6 Å². The molecule has 1 aliphatic heterocycles. The molecule has 4 rings (SSSR count). The summed E-state index contributed by atoms with van der Waals surface area (Å²) < 4.78 is 10.5. The first kappa shape index (κ1) is 20.8. The van der Waals surface area contributed by atoms with Gasteiger partial charge in [0, 0.05) is 11.3 Å². The summed E-state index contributed by atoms with van der Waals surface area (Å²) in [5, 5.41) is 17.0. The van der Waals surface area contributed by atoms with E-state index in [1.165, 1.54) is 7.11 Å². The van der Waals surface area contributed by atoms with Crippen LogP contribution in [0.3, 0.4) is 0 Å². The maximum absolute atomic E-state index is 13.6. The number of rotatable bonds is 4. The van der Waals surface area contributed by atoms with Crippen LogP contribution in [0.2, 0.25) is 0 Å². The number of Topliss-reactive ketones (excluding diaryl/α,β-unsaturated/α-hetero) is 1. The Bertz CT molecular complexity index is 1060. The number of hydrogen-bond donors (Lipinski definition) is 3. The molecule has 7 nitrogen and oxygen atoms in total. The molecule has 1 heterocycles. The molecule has 0 radical (unpaired) electrons. The first-order valence-electron chi connectivity index (χ1n) is 10.4. The number of fused-ring (bicyclic) bond motifs is 1. The fourth-order valence-corrected chi connectivity index (χ4v) is 4.37. The number of hydrogen-bond acceptors (Lipinski definition) is 7. The van der Waals surface area contributed by atoms with E-state index >= 15 is 0 Å². The van der Waals surface area contributed by atoms with Crippen molar-refractivity contribution in [2.24, 2.45) is 11.8 Å². The van der Waals surface area contributed by atoms with Gasteiger partial charge in [-0.25, -0.2) is 0 Å². The van der Waals surface area contributed by atoms with E-state index in [0.29, 0.717) is 24.4 Å². The number of aromatic hydroxyl groups is 1. The molecule has 7 heteroatoms. The number of anilines is 2. The van der Waals surface area contributed by atoms with Crippen LogP contribution in [0.15, 0.2) is 53.7 Å². The third-order valence-corrected chi connectivity index (χ3v) is 5.84. The van der Waals surface area contributed by atoms with E-state index in [1.807, 2.05) is 38.1 Å². The number of methoxy groups -OCH3 is 1. The summed E-state index contributed by atoms with van der Waals surface area (Å²) in [6.45, 7) is 4.12. The Balaban J connectivity index is 1.87. The van der Waals surface area contributed by atoms with Gasteiger partial charge in [-0.1, -0.05) is 25.1 Å². The molecule has 2 aromatic carbocycles. The van der Waals surface area contributed by atoms with Gasteiger partial charge in [0.25, 0.3) is 0 Å². The molecule has 0 spiro atoms. The molecular formula is C24H26N2O5. The largest absolute Gasteiger partial charge is 0.504 e. The maximum Gasteiger partial charge on any atom is 0.316 e. The Hall–Kier alpha value is -3.48. The van der Waals surface area contributed by atoms with Crippen molar-refractivity contribution in [2.75, 3.05) is 24.4 Å². The van der Waals surface area contributed by atoms with E-state index in [1.54, 1.807) is 18.2 Å². The SMILES string of the molecule is CCOc1cc(C2Nc3ccccc3NC3=C2C(=O)C(C(=O)OC)C(C)C3)ccc1O. The molecule has 0 saturated heterocycles. The molecule has 3 atom stereocenters. The topological polar surface area (TPSA) is 96.9 Å². The third kappa shape index (κ3) is 3.71. The fourth-order valence-electron chi connectivity index (χ4n) is 4.37. The lowest BCUT2D eigenvalue weighted by molar-refractivity contribution is -0.151. The zero-order valence-electron chi connectivity index (χ0n) is 17.8. The van der Waals surface area contributed by atoms with Crippen molar-refractivity contribution in [1.82, 2.24) is 0 Å². The second kappa shape index (κ2) is 8.34. The van der Waals surface area contributed by atoms with Crippen LogP contribution in [0.5, 0.6) is 11.5 Å². The Morgan fingerprint density at radius 2 is 1.94 bits per heavy atom. The summed E-state index contributed by atoms with van der Waals surface area (Å²) in [5.41, 5.74) is 3.73. The van der Waals surface area contributed by atoms with Crippen LogP contribution < -0.4 is 15.4 Å². The first-order valence-corrected chi connectivity index (χ1v) is 10.4. The summed E-state index contributed by atoms with van der Waals surface area (Å²) >= 11 is 0. The van der Waals surface area contributed by atoms with Gasteiger partial charge < -0.3 is 25.2 Å². The number of para-hydroxylation sites is 2. The molecular weight excluding hydrogens is 396 g/mol. The number of allylic oxidation sites excluding steroid dienone is 1. The van der Waals surface area contributed by atoms with Crippen molar-refractivity contribution >= 4 is 23.1 Å². The fraction of sp³-hybridized carbons (Fsp3) is 0.333. The molecule has 3 unspecified atom stereocenters. The predicted molar refractivity (Wildman–Crippen MR) is 117 cm³/mol. The highest BCUT2D eigenvalue weighted by Gasteiger charge is 2.44. The summed E-state index contributed by atoms with van der Waals surface area (Å²) in [5.74, 6) is -1.47. The van der Waals surface area contributed by atoms with Crippen LogP contribution in [-0.4, -0.2) is 30.6 Å². The van der Waals surface area contributed by atoms with Gasteiger partial charge in [-0.05, 0) is 49.1 Å². The number of phenolic OH excluding ortho intramolecular Hbond substituents is 1. The Kier molecular flexibility index (Phi) is 5.59. The Labute approximate surface area is 181 Å². The number of ether oxygens (including phenoxy) is 2. The molecule has 162 valence electrons. The molecule has 0 aromatic heterocycles. The van der Waals surface area contributed by atoms with Crippen LogP contribution in [0.4, 0.5) is 11.4 Å². The molecule has 2 aliphatic rings. The first-order chi connectivity index (χ1) is 14.9. The van der Waals surface area contributed by atoms with Gasteiger partial charge in [0.2, 0.25) is 0 Å². The zero-order valence-corrected chi connectivity index (χ0v) is 17.8. The minimum absolute atomic E-state index is 0.0305. The number of carbonyl (C=O) groups is 2. The zero-order chi connectivity index (χ0) is 22.1. The molecule has 2 aromatic rings. The monoisotopic (exact) mass is 422 g/mol. The summed E-state index contributed by atoms with van der Waals surface area (Å²) in [7, 11) is 1.30. The summed E-state index contributed by atoms with van der Waals surface area (Å²) in [4.78, 5) is 26.1. The normalized spacial score (nSPS) is 22.4. The Morgan fingerprint density at radius 1 is 1.19 bits per heavy atom. The second-order valence-corrected chi connectivity index (χ2v) is 7.85. The van der Waals surface area contributed by atoms with Crippen molar-refractivity contribution in [3.63, 3.8) is 0 Å². The van der Waals surface area contributed by atoms with Crippen LogP contribution in [0.25, 0.3) is 0 Å². The summed E-state index contributed by atoms with van der Waals surface area (Å²) in [6, 6.07) is 12.2. The molecule has 3 N–H and O–H groups in total. The van der Waals surface area contributed by atoms with Crippen molar-refractivity contribution in [1.29, 1.82) is 0 Å². The van der Waals surface area contributed by atoms with Crippen molar-refractivity contribution < 1.29 is 24.2 Å². The van der Waals surface area contributed by atoms with E-state index in [4.69, 9.17) is 9.47 Å². The van der Waals surface area contributed by atoms with E-state index < -0.39 is 17.9 Å². The van der Waals surface area contributed by atoms with Gasteiger partial charge >= 0.3 is 5.97 Å². The number of carbonyl (C=O) groups excluding carboxylic acids is 2. The average Bonchev–Trinajstić information content (AvgIpc) is 2.91. The highest BCUT2D eigenvalue weighted by molar-refractivity contribution is 6.11. The average molecular weight is 422 g/mol. The second-order valence-electron chi connectivity index (χ2n) is 7.85.